The molecule has 1 saturated heterocycles. The number of hydrogen-bond acceptors (Lipinski definition) is 4. The van der Waals surface area contributed by atoms with E-state index in [4.69, 9.17) is 0 Å². The Bertz CT molecular complexity index is 392. The molecule has 1 aromatic carbocycles. The van der Waals surface area contributed by atoms with Crippen LogP contribution in [0.2, 0.25) is 0 Å². The minimum absolute atomic E-state index is 0.0876. The topological polar surface area (TPSA) is 55.7 Å². The lowest BCUT2D eigenvalue weighted by molar-refractivity contribution is 0.242. The Morgan fingerprint density at radius 1 is 1.18 bits per heavy atom. The summed E-state index contributed by atoms with van der Waals surface area (Å²) in [6, 6.07) is 2.49. The number of nitrogens with one attached hydrogen (secondary N) is 1. The van der Waals surface area contributed by atoms with Crippen LogP contribution in [0.3, 0.4) is 0 Å². The molecule has 0 spiro atoms. The van der Waals surface area contributed by atoms with Gasteiger partial charge in [0.2, 0.25) is 0 Å². The Morgan fingerprint density at radius 2 is 1.82 bits per heavy atom. The van der Waals surface area contributed by atoms with Crippen LogP contribution < -0.4 is 5.32 Å². The molecule has 3 N–H and O–H groups in total. The Balaban J connectivity index is 2.00. The highest BCUT2D eigenvalue weighted by atomic mass is 19.1. The predicted octanol–water partition coefficient (Wildman–Crippen LogP) is 0.685. The molecule has 1 aliphatic heterocycles. The molecule has 0 aliphatic carbocycles. The highest BCUT2D eigenvalue weighted by molar-refractivity contribution is 5.40. The van der Waals surface area contributed by atoms with Gasteiger partial charge < -0.3 is 20.4 Å². The maximum Gasteiger partial charge on any atom is 0.171 e. The van der Waals surface area contributed by atoms with Gasteiger partial charge in [0.25, 0.3) is 0 Å². The van der Waals surface area contributed by atoms with E-state index in [0.29, 0.717) is 13.0 Å². The Kier molecular flexibility index (Phi) is 3.81. The molecule has 0 saturated carbocycles. The molecule has 94 valence electrons. The largest absolute Gasteiger partial charge is 0.508 e. The number of phenolic OH excluding ortho intramolecular Hbond substituents is 2. The maximum atomic E-state index is 13.6. The van der Waals surface area contributed by atoms with Crippen molar-refractivity contribution in [3.63, 3.8) is 0 Å². The van der Waals surface area contributed by atoms with E-state index in [9.17, 15) is 14.6 Å². The number of hydrogen-bond donors (Lipinski definition) is 3. The molecule has 1 fully saturated rings. The van der Waals surface area contributed by atoms with Gasteiger partial charge in [0.15, 0.2) is 11.6 Å². The molecule has 0 aromatic heterocycles. The zero-order chi connectivity index (χ0) is 12.3. The quantitative estimate of drug-likeness (QED) is 0.680. The van der Waals surface area contributed by atoms with Gasteiger partial charge in [-0.25, -0.2) is 4.39 Å². The average Bonchev–Trinajstić information content (AvgIpc) is 2.35. The molecule has 1 aliphatic rings. The lowest BCUT2D eigenvalue weighted by Gasteiger charge is -2.27. The lowest BCUT2D eigenvalue weighted by atomic mass is 10.1. The second-order valence-corrected chi connectivity index (χ2v) is 4.24. The highest BCUT2D eigenvalue weighted by Gasteiger charge is 2.15. The third-order valence-electron chi connectivity index (χ3n) is 3.09. The molecule has 0 radical (unpaired) electrons. The van der Waals surface area contributed by atoms with Gasteiger partial charge in [-0.2, -0.15) is 0 Å². The number of halogens is 1. The van der Waals surface area contributed by atoms with Gasteiger partial charge in [-0.15, -0.1) is 0 Å². The number of nitrogens with zero attached hydrogens (tertiary/aromatic N) is 1. The summed E-state index contributed by atoms with van der Waals surface area (Å²) in [6.07, 6.45) is 0.409. The third kappa shape index (κ3) is 2.87. The second kappa shape index (κ2) is 5.33. The van der Waals surface area contributed by atoms with Crippen LogP contribution in [-0.4, -0.2) is 47.8 Å². The number of piperazine rings is 1. The highest BCUT2D eigenvalue weighted by Crippen LogP contribution is 2.27. The Hall–Kier alpha value is -1.33. The minimum Gasteiger partial charge on any atom is -0.508 e. The molecule has 17 heavy (non-hydrogen) atoms. The van der Waals surface area contributed by atoms with E-state index < -0.39 is 11.6 Å². The van der Waals surface area contributed by atoms with E-state index in [0.717, 1.165) is 26.2 Å². The van der Waals surface area contributed by atoms with Crippen LogP contribution in [0, 0.1) is 5.82 Å². The summed E-state index contributed by atoms with van der Waals surface area (Å²) in [5.41, 5.74) is 0.198. The number of phenols is 2. The fraction of sp³-hybridized carbons (Fsp3) is 0.500. The molecule has 0 unspecified atom stereocenters. The number of benzene rings is 1. The van der Waals surface area contributed by atoms with Gasteiger partial charge in [0.1, 0.15) is 5.75 Å². The second-order valence-electron chi connectivity index (χ2n) is 4.24. The van der Waals surface area contributed by atoms with Crippen molar-refractivity contribution >= 4 is 0 Å². The Labute approximate surface area is 99.7 Å². The molecule has 0 bridgehead atoms. The van der Waals surface area contributed by atoms with Crippen molar-refractivity contribution < 1.29 is 14.6 Å². The third-order valence-corrected chi connectivity index (χ3v) is 3.09. The van der Waals surface area contributed by atoms with Gasteiger partial charge >= 0.3 is 0 Å². The average molecular weight is 240 g/mol. The van der Waals surface area contributed by atoms with Crippen molar-refractivity contribution in [2.45, 2.75) is 6.42 Å². The van der Waals surface area contributed by atoms with Gasteiger partial charge in [0.05, 0.1) is 0 Å². The van der Waals surface area contributed by atoms with Crippen molar-refractivity contribution in [3.05, 3.63) is 23.5 Å². The predicted molar refractivity (Wildman–Crippen MR) is 62.7 cm³/mol. The summed E-state index contributed by atoms with van der Waals surface area (Å²) in [5, 5.41) is 22.1. The Morgan fingerprint density at radius 3 is 2.53 bits per heavy atom. The molecule has 0 amide bonds. The van der Waals surface area contributed by atoms with Gasteiger partial charge in [0, 0.05) is 38.3 Å². The maximum absolute atomic E-state index is 13.6. The molecular weight excluding hydrogens is 223 g/mol. The standard InChI is InChI=1S/C12H17FN2O2/c13-12-9(10(16)1-2-11(12)17)3-6-15-7-4-14-5-8-15/h1-2,14,16-17H,3-8H2. The zero-order valence-corrected chi connectivity index (χ0v) is 9.62. The molecule has 1 aromatic rings. The normalized spacial score (nSPS) is 17.2. The monoisotopic (exact) mass is 240 g/mol. The molecular formula is C12H17FN2O2. The van der Waals surface area contributed by atoms with Crippen molar-refractivity contribution in [2.24, 2.45) is 0 Å². The van der Waals surface area contributed by atoms with E-state index in [2.05, 4.69) is 10.2 Å². The van der Waals surface area contributed by atoms with E-state index in [1.54, 1.807) is 0 Å². The molecule has 0 atom stereocenters. The summed E-state index contributed by atoms with van der Waals surface area (Å²) in [6.45, 7) is 4.43. The number of rotatable bonds is 3. The van der Waals surface area contributed by atoms with E-state index in [1.807, 2.05) is 0 Å². The van der Waals surface area contributed by atoms with Crippen molar-refractivity contribution in [3.8, 4) is 11.5 Å². The van der Waals surface area contributed by atoms with Crippen LogP contribution in [0.4, 0.5) is 4.39 Å². The molecule has 2 rings (SSSR count). The first-order chi connectivity index (χ1) is 8.18. The molecule has 4 nitrogen and oxygen atoms in total. The first-order valence-electron chi connectivity index (χ1n) is 5.81. The van der Waals surface area contributed by atoms with Crippen molar-refractivity contribution in [2.75, 3.05) is 32.7 Å². The fourth-order valence-electron chi connectivity index (χ4n) is 2.04. The number of aromatic hydroxyl groups is 2. The van der Waals surface area contributed by atoms with E-state index >= 15 is 0 Å². The van der Waals surface area contributed by atoms with Crippen LogP contribution in [-0.2, 0) is 6.42 Å². The van der Waals surface area contributed by atoms with Gasteiger partial charge in [-0.05, 0) is 18.6 Å². The van der Waals surface area contributed by atoms with Crippen LogP contribution in [0.5, 0.6) is 11.5 Å². The first-order valence-corrected chi connectivity index (χ1v) is 5.81. The summed E-state index contributed by atoms with van der Waals surface area (Å²) in [4.78, 5) is 2.21. The summed E-state index contributed by atoms with van der Waals surface area (Å²) >= 11 is 0. The van der Waals surface area contributed by atoms with Crippen LogP contribution in [0.1, 0.15) is 5.56 Å². The van der Waals surface area contributed by atoms with E-state index in [1.165, 1.54) is 12.1 Å². The minimum atomic E-state index is -0.708. The van der Waals surface area contributed by atoms with E-state index in [-0.39, 0.29) is 11.3 Å². The molecule has 1 heterocycles. The van der Waals surface area contributed by atoms with Gasteiger partial charge in [-0.3, -0.25) is 0 Å². The van der Waals surface area contributed by atoms with Crippen molar-refractivity contribution in [1.82, 2.24) is 10.2 Å². The lowest BCUT2D eigenvalue weighted by Crippen LogP contribution is -2.44. The summed E-state index contributed by atoms with van der Waals surface area (Å²) in [5.74, 6) is -1.20. The van der Waals surface area contributed by atoms with Crippen LogP contribution >= 0.6 is 0 Å². The van der Waals surface area contributed by atoms with Crippen LogP contribution in [0.15, 0.2) is 12.1 Å². The smallest absolute Gasteiger partial charge is 0.171 e. The summed E-state index contributed by atoms with van der Waals surface area (Å²) in [7, 11) is 0. The van der Waals surface area contributed by atoms with Crippen LogP contribution in [0.25, 0.3) is 0 Å². The zero-order valence-electron chi connectivity index (χ0n) is 9.62. The van der Waals surface area contributed by atoms with Crippen molar-refractivity contribution in [1.29, 1.82) is 0 Å². The van der Waals surface area contributed by atoms with Gasteiger partial charge in [-0.1, -0.05) is 0 Å². The summed E-state index contributed by atoms with van der Waals surface area (Å²) < 4.78 is 13.6. The fourth-order valence-corrected chi connectivity index (χ4v) is 2.04. The first kappa shape index (κ1) is 12.1. The SMILES string of the molecule is Oc1ccc(O)c(CCN2CCNCC2)c1F. The molecule has 5 heteroatoms.